The maximum absolute atomic E-state index is 12.6. The van der Waals surface area contributed by atoms with E-state index in [4.69, 9.17) is 10.5 Å². The quantitative estimate of drug-likeness (QED) is 0.826. The van der Waals surface area contributed by atoms with Crippen molar-refractivity contribution in [1.82, 2.24) is 0 Å². The van der Waals surface area contributed by atoms with E-state index in [1.807, 2.05) is 24.3 Å². The van der Waals surface area contributed by atoms with Crippen LogP contribution in [0.1, 0.15) is 35.3 Å². The predicted molar refractivity (Wildman–Crippen MR) is 80.0 cm³/mol. The second-order valence-electron chi connectivity index (χ2n) is 5.11. The van der Waals surface area contributed by atoms with E-state index < -0.39 is 11.7 Å². The largest absolute Gasteiger partial charge is 0.485 e. The first-order valence-corrected chi connectivity index (χ1v) is 6.63. The van der Waals surface area contributed by atoms with Gasteiger partial charge >= 0.3 is 6.18 Å². The van der Waals surface area contributed by atoms with Crippen LogP contribution in [0, 0.1) is 0 Å². The minimum Gasteiger partial charge on any atom is -0.485 e. The van der Waals surface area contributed by atoms with Gasteiger partial charge in [0.1, 0.15) is 11.9 Å². The third kappa shape index (κ3) is 3.20. The van der Waals surface area contributed by atoms with Gasteiger partial charge in [-0.05, 0) is 23.8 Å². The molecule has 0 saturated heterocycles. The summed E-state index contributed by atoms with van der Waals surface area (Å²) in [6.45, 7) is 0. The van der Waals surface area contributed by atoms with Crippen LogP contribution in [0.2, 0.25) is 0 Å². The van der Waals surface area contributed by atoms with E-state index in [9.17, 15) is 13.2 Å². The van der Waals surface area contributed by atoms with Crippen LogP contribution in [0.4, 0.5) is 13.2 Å². The lowest BCUT2D eigenvalue weighted by Gasteiger charge is -2.30. The van der Waals surface area contributed by atoms with Crippen LogP contribution in [0.3, 0.4) is 0 Å². The first kappa shape index (κ1) is 16.6. The van der Waals surface area contributed by atoms with Crippen molar-refractivity contribution >= 4 is 12.4 Å². The maximum Gasteiger partial charge on any atom is 0.416 e. The SMILES string of the molecule is Cl.NC1CC(c2ccc(C(F)(F)F)cc2)Oc2ccccc21. The molecule has 0 aliphatic carbocycles. The summed E-state index contributed by atoms with van der Waals surface area (Å²) in [5.74, 6) is 0.696. The smallest absolute Gasteiger partial charge is 0.416 e. The van der Waals surface area contributed by atoms with Crippen LogP contribution in [-0.4, -0.2) is 0 Å². The van der Waals surface area contributed by atoms with Gasteiger partial charge in [0, 0.05) is 18.0 Å². The maximum atomic E-state index is 12.6. The van der Waals surface area contributed by atoms with Crippen molar-refractivity contribution < 1.29 is 17.9 Å². The molecule has 6 heteroatoms. The molecule has 118 valence electrons. The van der Waals surface area contributed by atoms with Crippen LogP contribution < -0.4 is 10.5 Å². The van der Waals surface area contributed by atoms with Crippen molar-refractivity contribution in [3.8, 4) is 5.75 Å². The van der Waals surface area contributed by atoms with Crippen molar-refractivity contribution in [2.24, 2.45) is 5.73 Å². The average Bonchev–Trinajstić information content (AvgIpc) is 2.46. The fourth-order valence-electron chi connectivity index (χ4n) is 2.54. The number of para-hydroxylation sites is 1. The van der Waals surface area contributed by atoms with Gasteiger partial charge in [0.05, 0.1) is 5.56 Å². The van der Waals surface area contributed by atoms with E-state index in [2.05, 4.69) is 0 Å². The van der Waals surface area contributed by atoms with Gasteiger partial charge in [-0.25, -0.2) is 0 Å². The summed E-state index contributed by atoms with van der Waals surface area (Å²) in [5, 5.41) is 0. The molecule has 0 saturated carbocycles. The molecule has 0 aromatic heterocycles. The molecule has 2 aromatic carbocycles. The highest BCUT2D eigenvalue weighted by Crippen LogP contribution is 2.40. The molecule has 2 aromatic rings. The van der Waals surface area contributed by atoms with Gasteiger partial charge in [-0.15, -0.1) is 12.4 Å². The van der Waals surface area contributed by atoms with E-state index >= 15 is 0 Å². The zero-order valence-electron chi connectivity index (χ0n) is 11.5. The van der Waals surface area contributed by atoms with Crippen molar-refractivity contribution in [2.75, 3.05) is 0 Å². The Labute approximate surface area is 132 Å². The number of benzene rings is 2. The molecule has 2 unspecified atom stereocenters. The molecule has 3 rings (SSSR count). The van der Waals surface area contributed by atoms with E-state index in [-0.39, 0.29) is 24.6 Å². The molecule has 0 amide bonds. The van der Waals surface area contributed by atoms with Crippen LogP contribution >= 0.6 is 12.4 Å². The minimum absolute atomic E-state index is 0. The van der Waals surface area contributed by atoms with Gasteiger partial charge in [-0.2, -0.15) is 13.2 Å². The lowest BCUT2D eigenvalue weighted by Crippen LogP contribution is -2.24. The predicted octanol–water partition coefficient (Wildman–Crippen LogP) is 4.65. The Balaban J connectivity index is 0.00000176. The number of rotatable bonds is 1. The molecule has 0 fully saturated rings. The second-order valence-corrected chi connectivity index (χ2v) is 5.11. The topological polar surface area (TPSA) is 35.2 Å². The number of hydrogen-bond acceptors (Lipinski definition) is 2. The van der Waals surface area contributed by atoms with Crippen molar-refractivity contribution in [1.29, 1.82) is 0 Å². The Bertz CT molecular complexity index is 643. The Kier molecular flexibility index (Phi) is 4.68. The van der Waals surface area contributed by atoms with Gasteiger partial charge in [0.15, 0.2) is 0 Å². The van der Waals surface area contributed by atoms with Crippen LogP contribution in [-0.2, 0) is 6.18 Å². The van der Waals surface area contributed by atoms with Gasteiger partial charge in [0.2, 0.25) is 0 Å². The number of alkyl halides is 3. The number of ether oxygens (including phenoxy) is 1. The number of halogens is 4. The summed E-state index contributed by atoms with van der Waals surface area (Å²) in [6.07, 6.45) is -4.10. The fraction of sp³-hybridized carbons (Fsp3) is 0.250. The summed E-state index contributed by atoms with van der Waals surface area (Å²) in [5.41, 5.74) is 7.09. The first-order chi connectivity index (χ1) is 9.95. The Morgan fingerprint density at radius 3 is 2.27 bits per heavy atom. The summed E-state index contributed by atoms with van der Waals surface area (Å²) in [6, 6.07) is 12.3. The van der Waals surface area contributed by atoms with Crippen LogP contribution in [0.15, 0.2) is 48.5 Å². The summed E-state index contributed by atoms with van der Waals surface area (Å²) >= 11 is 0. The lowest BCUT2D eigenvalue weighted by atomic mass is 9.93. The van der Waals surface area contributed by atoms with Gasteiger partial charge in [-0.1, -0.05) is 30.3 Å². The summed E-state index contributed by atoms with van der Waals surface area (Å²) in [4.78, 5) is 0. The molecule has 1 heterocycles. The highest BCUT2D eigenvalue weighted by atomic mass is 35.5. The summed E-state index contributed by atoms with van der Waals surface area (Å²) in [7, 11) is 0. The third-order valence-corrected chi connectivity index (χ3v) is 3.67. The standard InChI is InChI=1S/C16H14F3NO.ClH/c17-16(18,19)11-7-5-10(6-8-11)15-9-13(20)12-3-1-2-4-14(12)21-15;/h1-8,13,15H,9,20H2;1H. The minimum atomic E-state index is -4.32. The molecule has 0 bridgehead atoms. The van der Waals surface area contributed by atoms with E-state index in [0.717, 1.165) is 17.7 Å². The third-order valence-electron chi connectivity index (χ3n) is 3.67. The van der Waals surface area contributed by atoms with Gasteiger partial charge < -0.3 is 10.5 Å². The molecule has 2 atom stereocenters. The fourth-order valence-corrected chi connectivity index (χ4v) is 2.54. The van der Waals surface area contributed by atoms with Gasteiger partial charge in [-0.3, -0.25) is 0 Å². The van der Waals surface area contributed by atoms with Gasteiger partial charge in [0.25, 0.3) is 0 Å². The molecule has 1 aliphatic heterocycles. The number of nitrogens with two attached hydrogens (primary N) is 1. The average molecular weight is 330 g/mol. The van der Waals surface area contributed by atoms with E-state index in [1.54, 1.807) is 0 Å². The van der Waals surface area contributed by atoms with E-state index in [1.165, 1.54) is 12.1 Å². The van der Waals surface area contributed by atoms with Crippen LogP contribution in [0.25, 0.3) is 0 Å². The molecule has 1 aliphatic rings. The molecular formula is C16H15ClF3NO. The monoisotopic (exact) mass is 329 g/mol. The summed E-state index contributed by atoms with van der Waals surface area (Å²) < 4.78 is 43.6. The number of fused-ring (bicyclic) bond motifs is 1. The zero-order chi connectivity index (χ0) is 15.0. The first-order valence-electron chi connectivity index (χ1n) is 6.63. The molecular weight excluding hydrogens is 315 g/mol. The number of hydrogen-bond donors (Lipinski definition) is 1. The van der Waals surface area contributed by atoms with Crippen molar-refractivity contribution in [3.05, 3.63) is 65.2 Å². The van der Waals surface area contributed by atoms with Crippen molar-refractivity contribution in [3.63, 3.8) is 0 Å². The van der Waals surface area contributed by atoms with Crippen molar-refractivity contribution in [2.45, 2.75) is 24.7 Å². The highest BCUT2D eigenvalue weighted by Gasteiger charge is 2.31. The molecule has 2 N–H and O–H groups in total. The molecule has 2 nitrogen and oxygen atoms in total. The molecule has 0 radical (unpaired) electrons. The Morgan fingerprint density at radius 2 is 1.64 bits per heavy atom. The molecule has 22 heavy (non-hydrogen) atoms. The van der Waals surface area contributed by atoms with Crippen LogP contribution in [0.5, 0.6) is 5.75 Å². The van der Waals surface area contributed by atoms with E-state index in [0.29, 0.717) is 17.7 Å². The normalized spacial score (nSPS) is 20.5. The molecule has 0 spiro atoms. The lowest BCUT2D eigenvalue weighted by molar-refractivity contribution is -0.137. The highest BCUT2D eigenvalue weighted by molar-refractivity contribution is 5.85. The zero-order valence-corrected chi connectivity index (χ0v) is 12.3. The second kappa shape index (κ2) is 6.18. The Morgan fingerprint density at radius 1 is 1.00 bits per heavy atom. The Hall–Kier alpha value is -1.72.